The minimum absolute atomic E-state index is 0.103. The molecule has 3 aromatic rings. The van der Waals surface area contributed by atoms with Crippen LogP contribution in [-0.2, 0) is 29.2 Å². The Morgan fingerprint density at radius 2 is 1.63 bits per heavy atom. The lowest BCUT2D eigenvalue weighted by atomic mass is 9.83. The number of fused-ring (bicyclic) bond motifs is 1. The lowest BCUT2D eigenvalue weighted by molar-refractivity contribution is -0.160. The number of nitrogens with zero attached hydrogens (tertiary/aromatic N) is 1. The summed E-state index contributed by atoms with van der Waals surface area (Å²) < 4.78 is 6.18. The molecule has 0 aromatic heterocycles. The van der Waals surface area contributed by atoms with Crippen molar-refractivity contribution in [2.75, 3.05) is 7.05 Å². The van der Waals surface area contributed by atoms with Crippen molar-refractivity contribution in [1.82, 2.24) is 10.2 Å². The number of hydrogen-bond donors (Lipinski definition) is 2. The Morgan fingerprint density at radius 3 is 2.21 bits per heavy atom. The average Bonchev–Trinajstić information content (AvgIpc) is 3.29. The fraction of sp³-hybridized carbons (Fsp3) is 0.375. The minimum Gasteiger partial charge on any atom is -0.479 e. The Hall–Kier alpha value is -3.48. The molecule has 1 aliphatic rings. The monoisotopic (exact) mass is 514 g/mol. The quantitative estimate of drug-likeness (QED) is 0.399. The SMILES string of the molecule is CNC(=O)c1cccc(CN2Cc3c(C)c(-c4ccc(C)cc4)c([C@H](OC(C)(C)C)C(=O)O)c(C)c3C2)c1. The van der Waals surface area contributed by atoms with Crippen molar-refractivity contribution < 1.29 is 19.4 Å². The number of aliphatic carboxylic acids is 1. The first-order valence-electron chi connectivity index (χ1n) is 13.1. The van der Waals surface area contributed by atoms with Crippen molar-refractivity contribution in [3.63, 3.8) is 0 Å². The number of carbonyl (C=O) groups is 2. The number of rotatable bonds is 7. The second-order valence-electron chi connectivity index (χ2n) is 11.2. The predicted octanol–water partition coefficient (Wildman–Crippen LogP) is 6.10. The van der Waals surface area contributed by atoms with Crippen LogP contribution in [0.3, 0.4) is 0 Å². The fourth-order valence-corrected chi connectivity index (χ4v) is 5.42. The lowest BCUT2D eigenvalue weighted by Crippen LogP contribution is -2.28. The van der Waals surface area contributed by atoms with Crippen LogP contribution >= 0.6 is 0 Å². The number of carboxylic acid groups (broad SMARTS) is 1. The van der Waals surface area contributed by atoms with Crippen LogP contribution < -0.4 is 5.32 Å². The summed E-state index contributed by atoms with van der Waals surface area (Å²) in [5.74, 6) is -1.09. The smallest absolute Gasteiger partial charge is 0.337 e. The van der Waals surface area contributed by atoms with Gasteiger partial charge in [0.15, 0.2) is 6.10 Å². The van der Waals surface area contributed by atoms with Crippen LogP contribution in [0.15, 0.2) is 48.5 Å². The molecule has 0 bridgehead atoms. The van der Waals surface area contributed by atoms with Crippen LogP contribution in [0, 0.1) is 20.8 Å². The molecule has 0 saturated carbocycles. The van der Waals surface area contributed by atoms with Crippen molar-refractivity contribution in [2.24, 2.45) is 0 Å². The van der Waals surface area contributed by atoms with E-state index in [0.717, 1.165) is 45.5 Å². The fourth-order valence-electron chi connectivity index (χ4n) is 5.42. The highest BCUT2D eigenvalue weighted by Crippen LogP contribution is 2.43. The van der Waals surface area contributed by atoms with Crippen LogP contribution in [-0.4, -0.2) is 34.5 Å². The average molecular weight is 515 g/mol. The number of carboxylic acids is 1. The van der Waals surface area contributed by atoms with Crippen LogP contribution in [0.5, 0.6) is 0 Å². The van der Waals surface area contributed by atoms with E-state index in [-0.39, 0.29) is 5.91 Å². The molecular formula is C32H38N2O4. The summed E-state index contributed by atoms with van der Waals surface area (Å²) in [6.07, 6.45) is -1.09. The highest BCUT2D eigenvalue weighted by Gasteiger charge is 2.35. The second kappa shape index (κ2) is 10.7. The molecular weight excluding hydrogens is 476 g/mol. The maximum absolute atomic E-state index is 12.6. The molecule has 0 spiro atoms. The van der Waals surface area contributed by atoms with E-state index in [9.17, 15) is 14.7 Å². The lowest BCUT2D eigenvalue weighted by Gasteiger charge is -2.30. The third-order valence-corrected chi connectivity index (χ3v) is 7.20. The molecule has 6 nitrogen and oxygen atoms in total. The number of aryl methyl sites for hydroxylation is 1. The van der Waals surface area contributed by atoms with E-state index in [2.05, 4.69) is 41.4 Å². The molecule has 0 unspecified atom stereocenters. The van der Waals surface area contributed by atoms with Gasteiger partial charge in [-0.3, -0.25) is 9.69 Å². The third kappa shape index (κ3) is 5.66. The first kappa shape index (κ1) is 27.6. The summed E-state index contributed by atoms with van der Waals surface area (Å²) in [5.41, 5.74) is 9.37. The summed E-state index contributed by atoms with van der Waals surface area (Å²) in [6.45, 7) is 14.0. The molecule has 0 fully saturated rings. The van der Waals surface area contributed by atoms with Gasteiger partial charge in [0.25, 0.3) is 5.91 Å². The van der Waals surface area contributed by atoms with E-state index >= 15 is 0 Å². The largest absolute Gasteiger partial charge is 0.479 e. The van der Waals surface area contributed by atoms with Gasteiger partial charge in [-0.1, -0.05) is 42.0 Å². The molecule has 3 aromatic carbocycles. The van der Waals surface area contributed by atoms with Crippen LogP contribution in [0.1, 0.15) is 76.2 Å². The van der Waals surface area contributed by atoms with Gasteiger partial charge in [0.1, 0.15) is 0 Å². The topological polar surface area (TPSA) is 78.9 Å². The molecule has 38 heavy (non-hydrogen) atoms. The Balaban J connectivity index is 1.81. The summed E-state index contributed by atoms with van der Waals surface area (Å²) in [6, 6.07) is 16.0. The Kier molecular flexibility index (Phi) is 7.77. The summed E-state index contributed by atoms with van der Waals surface area (Å²) in [5, 5.41) is 13.0. The molecule has 0 radical (unpaired) electrons. The van der Waals surface area contributed by atoms with E-state index in [0.29, 0.717) is 18.7 Å². The maximum Gasteiger partial charge on any atom is 0.337 e. The van der Waals surface area contributed by atoms with Gasteiger partial charge in [0.05, 0.1) is 5.60 Å². The number of carbonyl (C=O) groups excluding carboxylic acids is 1. The van der Waals surface area contributed by atoms with Gasteiger partial charge >= 0.3 is 5.97 Å². The molecule has 4 rings (SSSR count). The first-order valence-corrected chi connectivity index (χ1v) is 13.1. The van der Waals surface area contributed by atoms with Crippen molar-refractivity contribution in [3.05, 3.63) is 93.0 Å². The zero-order valence-corrected chi connectivity index (χ0v) is 23.4. The maximum atomic E-state index is 12.6. The first-order chi connectivity index (χ1) is 17.9. The molecule has 2 N–H and O–H groups in total. The van der Waals surface area contributed by atoms with Gasteiger partial charge in [-0.05, 0) is 92.6 Å². The standard InChI is InChI=1S/C32H38N2O4/c1-19-11-13-23(14-12-19)27-20(2)25-17-34(16-22-9-8-10-24(15-22)30(35)33-7)18-26(25)21(3)28(27)29(31(36)37)38-32(4,5)6/h8-15,29H,16-18H2,1-7H3,(H,33,35)(H,36,37)/t29-/m0/s1. The molecule has 6 heteroatoms. The number of amides is 1. The molecule has 1 amide bonds. The molecule has 200 valence electrons. The van der Waals surface area contributed by atoms with E-state index in [4.69, 9.17) is 4.74 Å². The third-order valence-electron chi connectivity index (χ3n) is 7.20. The number of benzene rings is 3. The van der Waals surface area contributed by atoms with Crippen LogP contribution in [0.2, 0.25) is 0 Å². The summed E-state index contributed by atoms with van der Waals surface area (Å²) in [4.78, 5) is 27.1. The molecule has 0 aliphatic carbocycles. The van der Waals surface area contributed by atoms with Gasteiger partial charge in [-0.15, -0.1) is 0 Å². The van der Waals surface area contributed by atoms with Gasteiger partial charge < -0.3 is 15.2 Å². The van der Waals surface area contributed by atoms with Crippen molar-refractivity contribution in [3.8, 4) is 11.1 Å². The van der Waals surface area contributed by atoms with E-state index in [1.54, 1.807) is 7.05 Å². The predicted molar refractivity (Wildman–Crippen MR) is 150 cm³/mol. The zero-order valence-electron chi connectivity index (χ0n) is 23.4. The highest BCUT2D eigenvalue weighted by molar-refractivity contribution is 5.94. The zero-order chi connectivity index (χ0) is 27.8. The second-order valence-corrected chi connectivity index (χ2v) is 11.2. The minimum atomic E-state index is -1.09. The molecule has 1 aliphatic heterocycles. The summed E-state index contributed by atoms with van der Waals surface area (Å²) in [7, 11) is 1.63. The van der Waals surface area contributed by atoms with Gasteiger partial charge in [-0.25, -0.2) is 4.79 Å². The molecule has 1 atom stereocenters. The number of hydrogen-bond acceptors (Lipinski definition) is 4. The Bertz CT molecular complexity index is 1370. The van der Waals surface area contributed by atoms with Crippen LogP contribution in [0.25, 0.3) is 11.1 Å². The van der Waals surface area contributed by atoms with Gasteiger partial charge in [0, 0.05) is 37.8 Å². The number of ether oxygens (including phenoxy) is 1. The van der Waals surface area contributed by atoms with E-state index in [1.807, 2.05) is 58.9 Å². The van der Waals surface area contributed by atoms with E-state index in [1.165, 1.54) is 11.1 Å². The Morgan fingerprint density at radius 1 is 1.00 bits per heavy atom. The van der Waals surface area contributed by atoms with Gasteiger partial charge in [-0.2, -0.15) is 0 Å². The summed E-state index contributed by atoms with van der Waals surface area (Å²) >= 11 is 0. The van der Waals surface area contributed by atoms with Crippen LogP contribution in [0.4, 0.5) is 0 Å². The van der Waals surface area contributed by atoms with Crippen molar-refractivity contribution in [1.29, 1.82) is 0 Å². The Labute approximate surface area is 225 Å². The van der Waals surface area contributed by atoms with Crippen molar-refractivity contribution >= 4 is 11.9 Å². The van der Waals surface area contributed by atoms with Crippen molar-refractivity contribution in [2.45, 2.75) is 72.9 Å². The normalized spacial score (nSPS) is 14.3. The number of nitrogens with one attached hydrogen (secondary N) is 1. The molecule has 0 saturated heterocycles. The van der Waals surface area contributed by atoms with Gasteiger partial charge in [0.2, 0.25) is 0 Å². The molecule has 1 heterocycles. The van der Waals surface area contributed by atoms with E-state index < -0.39 is 17.7 Å². The highest BCUT2D eigenvalue weighted by atomic mass is 16.5.